The highest BCUT2D eigenvalue weighted by Gasteiger charge is 2.07. The Morgan fingerprint density at radius 1 is 1.38 bits per heavy atom. The van der Waals surface area contributed by atoms with Crippen LogP contribution in [0.5, 0.6) is 0 Å². The number of nitrogens with zero attached hydrogens (tertiary/aromatic N) is 1. The Bertz CT molecular complexity index is 455. The fourth-order valence-electron chi connectivity index (χ4n) is 2.31. The third-order valence-corrected chi connectivity index (χ3v) is 3.54. The number of furan rings is 1. The van der Waals surface area contributed by atoms with Crippen molar-refractivity contribution in [1.29, 1.82) is 0 Å². The first-order valence-corrected chi connectivity index (χ1v) is 8.45. The molecule has 6 heteroatoms. The lowest BCUT2D eigenvalue weighted by Crippen LogP contribution is -2.39. The summed E-state index contributed by atoms with van der Waals surface area (Å²) in [6.45, 7) is 10.5. The average Bonchev–Trinajstić information content (AvgIpc) is 3.02. The van der Waals surface area contributed by atoms with E-state index in [9.17, 15) is 0 Å². The Hall–Kier alpha value is -1.02. The van der Waals surface area contributed by atoms with Crippen LogP contribution in [0.15, 0.2) is 40.0 Å². The van der Waals surface area contributed by atoms with Gasteiger partial charge in [0.2, 0.25) is 0 Å². The van der Waals surface area contributed by atoms with Crippen LogP contribution in [0.4, 0.5) is 0 Å². The lowest BCUT2D eigenvalue weighted by molar-refractivity contribution is 0.253. The smallest absolute Gasteiger partial charge is 0.191 e. The van der Waals surface area contributed by atoms with Crippen LogP contribution < -0.4 is 10.6 Å². The molecule has 0 radical (unpaired) electrons. The minimum absolute atomic E-state index is 0. The highest BCUT2D eigenvalue weighted by molar-refractivity contribution is 14.0. The van der Waals surface area contributed by atoms with Crippen molar-refractivity contribution >= 4 is 29.9 Å². The van der Waals surface area contributed by atoms with Crippen molar-refractivity contribution in [2.75, 3.05) is 26.2 Å². The van der Waals surface area contributed by atoms with E-state index < -0.39 is 0 Å². The molecule has 0 aliphatic rings. The number of aliphatic hydroxyl groups is 1. The maximum Gasteiger partial charge on any atom is 0.191 e. The van der Waals surface area contributed by atoms with Crippen molar-refractivity contribution in [3.05, 3.63) is 36.3 Å². The van der Waals surface area contributed by atoms with E-state index in [-0.39, 0.29) is 30.6 Å². The number of aliphatic imine (C=N–C) groups is 1. The molecule has 1 aromatic rings. The summed E-state index contributed by atoms with van der Waals surface area (Å²) in [6.07, 6.45) is 5.51. The quantitative estimate of drug-likeness (QED) is 0.210. The van der Waals surface area contributed by atoms with Crippen LogP contribution in [-0.2, 0) is 6.42 Å². The van der Waals surface area contributed by atoms with E-state index in [1.165, 1.54) is 0 Å². The summed E-state index contributed by atoms with van der Waals surface area (Å²) in [7, 11) is 0. The molecule has 0 saturated carbocycles. The fraction of sp³-hybridized carbons (Fsp3) is 0.611. The Balaban J connectivity index is 0.00000529. The molecular formula is C18H32IN3O2. The van der Waals surface area contributed by atoms with Crippen molar-refractivity contribution in [3.8, 4) is 0 Å². The van der Waals surface area contributed by atoms with Gasteiger partial charge in [-0.1, -0.05) is 25.5 Å². The minimum Gasteiger partial charge on any atom is -0.469 e. The van der Waals surface area contributed by atoms with Crippen LogP contribution in [0.1, 0.15) is 38.9 Å². The first-order chi connectivity index (χ1) is 11.2. The van der Waals surface area contributed by atoms with Crippen molar-refractivity contribution in [2.45, 2.75) is 39.5 Å². The topological polar surface area (TPSA) is 69.8 Å². The van der Waals surface area contributed by atoms with E-state index in [1.807, 2.05) is 19.1 Å². The van der Waals surface area contributed by atoms with Crippen LogP contribution in [0.3, 0.4) is 0 Å². The van der Waals surface area contributed by atoms with Crippen LogP contribution in [0.2, 0.25) is 0 Å². The summed E-state index contributed by atoms with van der Waals surface area (Å²) in [4.78, 5) is 4.66. The number of aliphatic hydroxyl groups excluding tert-OH is 1. The van der Waals surface area contributed by atoms with Crippen LogP contribution in [-0.4, -0.2) is 37.3 Å². The summed E-state index contributed by atoms with van der Waals surface area (Å²) in [5.74, 6) is 2.18. The summed E-state index contributed by atoms with van der Waals surface area (Å²) in [5, 5.41) is 15.8. The molecule has 0 saturated heterocycles. The van der Waals surface area contributed by atoms with E-state index in [2.05, 4.69) is 29.1 Å². The molecule has 1 atom stereocenters. The molecule has 0 aromatic carbocycles. The van der Waals surface area contributed by atoms with E-state index in [1.54, 1.807) is 6.26 Å². The van der Waals surface area contributed by atoms with E-state index in [0.717, 1.165) is 56.1 Å². The van der Waals surface area contributed by atoms with Gasteiger partial charge in [-0.15, -0.1) is 24.0 Å². The number of halogens is 1. The first-order valence-electron chi connectivity index (χ1n) is 8.45. The summed E-state index contributed by atoms with van der Waals surface area (Å²) in [6, 6.07) is 3.87. The number of rotatable bonds is 11. The second kappa shape index (κ2) is 14.3. The molecule has 0 spiro atoms. The SMILES string of the molecule is C=C(C)CNC(=NCC(CCC)CCO)NCCc1ccco1.I. The van der Waals surface area contributed by atoms with Gasteiger partial charge >= 0.3 is 0 Å². The van der Waals surface area contributed by atoms with Gasteiger partial charge < -0.3 is 20.2 Å². The summed E-state index contributed by atoms with van der Waals surface area (Å²) < 4.78 is 5.33. The Morgan fingerprint density at radius 3 is 2.75 bits per heavy atom. The van der Waals surface area contributed by atoms with Gasteiger partial charge in [0.05, 0.1) is 6.26 Å². The molecule has 0 fully saturated rings. The van der Waals surface area contributed by atoms with Gasteiger partial charge in [0, 0.05) is 32.7 Å². The molecule has 0 bridgehead atoms. The molecule has 1 aromatic heterocycles. The molecule has 138 valence electrons. The molecule has 0 aliphatic carbocycles. The van der Waals surface area contributed by atoms with E-state index in [0.29, 0.717) is 12.5 Å². The van der Waals surface area contributed by atoms with Gasteiger partial charge in [0.15, 0.2) is 5.96 Å². The van der Waals surface area contributed by atoms with Gasteiger partial charge in [-0.05, 0) is 37.8 Å². The lowest BCUT2D eigenvalue weighted by Gasteiger charge is -2.16. The Kier molecular flexibility index (Phi) is 13.7. The lowest BCUT2D eigenvalue weighted by atomic mass is 10.0. The zero-order valence-corrected chi connectivity index (χ0v) is 17.2. The van der Waals surface area contributed by atoms with Crippen molar-refractivity contribution in [2.24, 2.45) is 10.9 Å². The monoisotopic (exact) mass is 449 g/mol. The van der Waals surface area contributed by atoms with E-state index in [4.69, 9.17) is 9.52 Å². The number of hydrogen-bond acceptors (Lipinski definition) is 3. The van der Waals surface area contributed by atoms with Crippen LogP contribution in [0.25, 0.3) is 0 Å². The Labute approximate surface area is 163 Å². The van der Waals surface area contributed by atoms with Gasteiger partial charge in [0.1, 0.15) is 5.76 Å². The van der Waals surface area contributed by atoms with Crippen molar-refractivity contribution in [1.82, 2.24) is 10.6 Å². The number of guanidine groups is 1. The number of hydrogen-bond donors (Lipinski definition) is 3. The standard InChI is InChI=1S/C18H31N3O2.HI/c1-4-6-16(9-11-22)14-21-18(20-13-15(2)3)19-10-8-17-7-5-12-23-17;/h5,7,12,16,22H,2,4,6,8-11,13-14H2,1,3H3,(H2,19,20,21);1H. The molecule has 24 heavy (non-hydrogen) atoms. The van der Waals surface area contributed by atoms with Gasteiger partial charge in [0.25, 0.3) is 0 Å². The molecule has 1 heterocycles. The molecular weight excluding hydrogens is 417 g/mol. The van der Waals surface area contributed by atoms with Gasteiger partial charge in [-0.25, -0.2) is 0 Å². The average molecular weight is 449 g/mol. The van der Waals surface area contributed by atoms with E-state index >= 15 is 0 Å². The largest absolute Gasteiger partial charge is 0.469 e. The highest BCUT2D eigenvalue weighted by Crippen LogP contribution is 2.11. The maximum absolute atomic E-state index is 9.15. The predicted octanol–water partition coefficient (Wildman–Crippen LogP) is 3.35. The van der Waals surface area contributed by atoms with Gasteiger partial charge in [-0.2, -0.15) is 0 Å². The minimum atomic E-state index is 0. The number of nitrogens with one attached hydrogen (secondary N) is 2. The molecule has 1 rings (SSSR count). The molecule has 0 aliphatic heterocycles. The third kappa shape index (κ3) is 10.7. The van der Waals surface area contributed by atoms with Crippen LogP contribution in [0, 0.1) is 5.92 Å². The highest BCUT2D eigenvalue weighted by atomic mass is 127. The summed E-state index contributed by atoms with van der Waals surface area (Å²) in [5.41, 5.74) is 1.06. The molecule has 1 unspecified atom stereocenters. The van der Waals surface area contributed by atoms with Crippen molar-refractivity contribution in [3.63, 3.8) is 0 Å². The zero-order valence-electron chi connectivity index (χ0n) is 14.9. The van der Waals surface area contributed by atoms with Crippen LogP contribution >= 0.6 is 24.0 Å². The summed E-state index contributed by atoms with van der Waals surface area (Å²) >= 11 is 0. The maximum atomic E-state index is 9.15. The second-order valence-corrected chi connectivity index (χ2v) is 5.92. The molecule has 3 N–H and O–H groups in total. The van der Waals surface area contributed by atoms with Crippen molar-refractivity contribution < 1.29 is 9.52 Å². The normalized spacial score (nSPS) is 12.4. The molecule has 5 nitrogen and oxygen atoms in total. The fourth-order valence-corrected chi connectivity index (χ4v) is 2.31. The Morgan fingerprint density at radius 2 is 2.17 bits per heavy atom. The first kappa shape index (κ1) is 23.0. The predicted molar refractivity (Wildman–Crippen MR) is 111 cm³/mol. The molecule has 0 amide bonds. The third-order valence-electron chi connectivity index (χ3n) is 3.54. The van der Waals surface area contributed by atoms with Gasteiger partial charge in [-0.3, -0.25) is 4.99 Å². The zero-order chi connectivity index (χ0) is 16.9. The second-order valence-electron chi connectivity index (χ2n) is 5.92.